The summed E-state index contributed by atoms with van der Waals surface area (Å²) in [6.45, 7) is 1.66. The summed E-state index contributed by atoms with van der Waals surface area (Å²) in [6, 6.07) is 14.0. The molecule has 0 unspecified atom stereocenters. The molecule has 1 aliphatic carbocycles. The summed E-state index contributed by atoms with van der Waals surface area (Å²) in [7, 11) is 4.02. The quantitative estimate of drug-likeness (QED) is 0.335. The topological polar surface area (TPSA) is 82.6 Å². The van der Waals surface area contributed by atoms with Gasteiger partial charge in [0.1, 0.15) is 11.5 Å². The Bertz CT molecular complexity index is 1410. The van der Waals surface area contributed by atoms with Crippen LogP contribution in [0.15, 0.2) is 67.3 Å². The number of benzene rings is 1. The van der Waals surface area contributed by atoms with Crippen molar-refractivity contribution in [1.82, 2.24) is 30.2 Å². The Morgan fingerprint density at radius 3 is 2.69 bits per heavy atom. The highest BCUT2D eigenvalue weighted by molar-refractivity contribution is 6.33. The Morgan fingerprint density at radius 2 is 1.92 bits per heavy atom. The molecule has 0 amide bonds. The maximum Gasteiger partial charge on any atom is 0.162 e. The highest BCUT2D eigenvalue weighted by Crippen LogP contribution is 2.37. The van der Waals surface area contributed by atoms with E-state index in [9.17, 15) is 0 Å². The average Bonchev–Trinajstić information content (AvgIpc) is 3.29. The standard InChI is InChI=1S/C28H30ClN7/c1-30-14-15-36(2)26-16-20(19-6-5-7-19)18-31-12-13-33-27(35-26)21-10-11-32-28-23(21)17-25(34-28)22-8-3-4-9-24(22)29/h3-4,8-13,16-19,30H,5-7,14-15H2,1-2H3,(H,32,34). The van der Waals surface area contributed by atoms with E-state index in [4.69, 9.17) is 21.6 Å². The van der Waals surface area contributed by atoms with Crippen LogP contribution in [0.25, 0.3) is 33.7 Å². The molecule has 0 saturated heterocycles. The highest BCUT2D eigenvalue weighted by Gasteiger charge is 2.20. The lowest BCUT2D eigenvalue weighted by Gasteiger charge is -2.26. The van der Waals surface area contributed by atoms with Gasteiger partial charge in [-0.25, -0.2) is 15.0 Å². The first-order valence-corrected chi connectivity index (χ1v) is 12.7. The number of nitrogens with zero attached hydrogens (tertiary/aromatic N) is 5. The summed E-state index contributed by atoms with van der Waals surface area (Å²) in [6.07, 6.45) is 10.8. The largest absolute Gasteiger partial charge is 0.358 e. The monoisotopic (exact) mass is 499 g/mol. The predicted octanol–water partition coefficient (Wildman–Crippen LogP) is 5.78. The van der Waals surface area contributed by atoms with Crippen LogP contribution in [0.4, 0.5) is 5.82 Å². The van der Waals surface area contributed by atoms with Gasteiger partial charge in [0.15, 0.2) is 5.82 Å². The average molecular weight is 500 g/mol. The number of H-pyrrole nitrogens is 1. The zero-order chi connectivity index (χ0) is 24.9. The number of aromatic amines is 1. The number of pyridine rings is 1. The number of halogens is 1. The molecular formula is C28H30ClN7. The Hall–Kier alpha value is -3.55. The van der Waals surface area contributed by atoms with Gasteiger partial charge in [0.25, 0.3) is 0 Å². The lowest BCUT2D eigenvalue weighted by molar-refractivity contribution is 0.419. The molecule has 0 atom stereocenters. The van der Waals surface area contributed by atoms with Gasteiger partial charge < -0.3 is 15.2 Å². The van der Waals surface area contributed by atoms with Crippen LogP contribution in [0, 0.1) is 0 Å². The van der Waals surface area contributed by atoms with Crippen molar-refractivity contribution in [2.75, 3.05) is 32.1 Å². The number of fused-ring (bicyclic) bond motifs is 1. The fourth-order valence-corrected chi connectivity index (χ4v) is 4.60. The molecule has 184 valence electrons. The fraction of sp³-hybridized carbons (Fsp3) is 0.286. The normalized spacial score (nSPS) is 13.3. The summed E-state index contributed by atoms with van der Waals surface area (Å²) in [5.41, 5.74) is 4.69. The van der Waals surface area contributed by atoms with Crippen LogP contribution in [0.5, 0.6) is 0 Å². The first-order valence-electron chi connectivity index (χ1n) is 12.3. The number of likely N-dealkylation sites (N-methyl/N-ethyl adjacent to an activating group) is 2. The van der Waals surface area contributed by atoms with Crippen molar-refractivity contribution in [2.45, 2.75) is 25.2 Å². The molecule has 4 aromatic rings. The van der Waals surface area contributed by atoms with Gasteiger partial charge in [0.2, 0.25) is 0 Å². The van der Waals surface area contributed by atoms with Crippen LogP contribution < -0.4 is 10.2 Å². The summed E-state index contributed by atoms with van der Waals surface area (Å²) in [5.74, 6) is 2.00. The van der Waals surface area contributed by atoms with Crippen molar-refractivity contribution in [3.63, 3.8) is 0 Å². The number of rotatable bonds is 7. The van der Waals surface area contributed by atoms with Gasteiger partial charge in [-0.2, -0.15) is 0 Å². The van der Waals surface area contributed by atoms with Crippen molar-refractivity contribution in [3.05, 3.63) is 77.8 Å². The Balaban J connectivity index is 1.68. The van der Waals surface area contributed by atoms with Crippen LogP contribution in [-0.2, 0) is 0 Å². The molecule has 2 N–H and O–H groups in total. The molecule has 0 bridgehead atoms. The van der Waals surface area contributed by atoms with E-state index in [-0.39, 0.29) is 0 Å². The second-order valence-corrected chi connectivity index (χ2v) is 9.49. The zero-order valence-corrected chi connectivity index (χ0v) is 21.3. The van der Waals surface area contributed by atoms with E-state index in [2.05, 4.69) is 44.3 Å². The molecule has 1 aliphatic rings. The van der Waals surface area contributed by atoms with Gasteiger partial charge in [-0.15, -0.1) is 0 Å². The minimum atomic E-state index is 0.528. The molecule has 7 nitrogen and oxygen atoms in total. The first-order chi connectivity index (χ1) is 17.6. The van der Waals surface area contributed by atoms with Crippen LogP contribution in [0.3, 0.4) is 0 Å². The Kier molecular flexibility index (Phi) is 7.39. The predicted molar refractivity (Wildman–Crippen MR) is 147 cm³/mol. The molecular weight excluding hydrogens is 470 g/mol. The summed E-state index contributed by atoms with van der Waals surface area (Å²) in [5, 5.41) is 4.84. The fourth-order valence-electron chi connectivity index (χ4n) is 4.36. The minimum absolute atomic E-state index is 0.528. The maximum absolute atomic E-state index is 6.47. The SMILES string of the molecule is CNCCN(C)c1cc(C2CCC2)cnccnc(-c2ccnc3[nH]c(-c4ccccc4Cl)cc23)n1. The molecule has 1 fully saturated rings. The van der Waals surface area contributed by atoms with Crippen LogP contribution in [0.1, 0.15) is 30.7 Å². The number of hydrogen-bond acceptors (Lipinski definition) is 6. The second kappa shape index (κ2) is 11.0. The third kappa shape index (κ3) is 5.17. The number of nitrogens with one attached hydrogen (secondary N) is 2. The molecule has 1 aromatic carbocycles. The smallest absolute Gasteiger partial charge is 0.162 e. The summed E-state index contributed by atoms with van der Waals surface area (Å²) < 4.78 is 0. The number of hydrogen-bond donors (Lipinski definition) is 2. The molecule has 36 heavy (non-hydrogen) atoms. The third-order valence-electron chi connectivity index (χ3n) is 6.69. The van der Waals surface area contributed by atoms with Crippen LogP contribution in [0.2, 0.25) is 5.02 Å². The van der Waals surface area contributed by atoms with E-state index in [0.29, 0.717) is 16.8 Å². The van der Waals surface area contributed by atoms with Gasteiger partial charge in [0, 0.05) is 72.2 Å². The van der Waals surface area contributed by atoms with E-state index in [1.807, 2.05) is 43.6 Å². The van der Waals surface area contributed by atoms with E-state index in [1.54, 1.807) is 18.6 Å². The molecule has 3 aromatic heterocycles. The molecule has 0 aliphatic heterocycles. The van der Waals surface area contributed by atoms with Gasteiger partial charge in [-0.05, 0) is 55.6 Å². The van der Waals surface area contributed by atoms with Gasteiger partial charge in [0.05, 0.1) is 0 Å². The van der Waals surface area contributed by atoms with Crippen molar-refractivity contribution < 1.29 is 0 Å². The highest BCUT2D eigenvalue weighted by atomic mass is 35.5. The molecule has 8 heteroatoms. The number of aromatic nitrogens is 5. The van der Waals surface area contributed by atoms with Crippen LogP contribution >= 0.6 is 11.6 Å². The third-order valence-corrected chi connectivity index (χ3v) is 7.02. The Morgan fingerprint density at radius 1 is 1.06 bits per heavy atom. The van der Waals surface area contributed by atoms with Crippen molar-refractivity contribution in [3.8, 4) is 22.6 Å². The lowest BCUT2D eigenvalue weighted by atomic mass is 9.81. The van der Waals surface area contributed by atoms with Crippen molar-refractivity contribution >= 4 is 28.5 Å². The van der Waals surface area contributed by atoms with Gasteiger partial charge in [-0.3, -0.25) is 4.98 Å². The molecule has 0 radical (unpaired) electrons. The minimum Gasteiger partial charge on any atom is -0.358 e. The molecule has 1 saturated carbocycles. The van der Waals surface area contributed by atoms with Crippen molar-refractivity contribution in [1.29, 1.82) is 0 Å². The van der Waals surface area contributed by atoms with Crippen molar-refractivity contribution in [2.24, 2.45) is 0 Å². The molecule has 5 rings (SSSR count). The second-order valence-electron chi connectivity index (χ2n) is 9.08. The van der Waals surface area contributed by atoms with E-state index >= 15 is 0 Å². The Labute approximate surface area is 216 Å². The summed E-state index contributed by atoms with van der Waals surface area (Å²) in [4.78, 5) is 24.5. The summed E-state index contributed by atoms with van der Waals surface area (Å²) >= 11 is 6.47. The molecule has 0 spiro atoms. The zero-order valence-electron chi connectivity index (χ0n) is 20.6. The van der Waals surface area contributed by atoms with Crippen LogP contribution in [-0.4, -0.2) is 52.1 Å². The number of anilines is 1. The van der Waals surface area contributed by atoms with E-state index in [1.165, 1.54) is 24.8 Å². The van der Waals surface area contributed by atoms with Gasteiger partial charge in [-0.1, -0.05) is 36.2 Å². The maximum atomic E-state index is 6.47. The van der Waals surface area contributed by atoms with Gasteiger partial charge >= 0.3 is 0 Å². The lowest BCUT2D eigenvalue weighted by Crippen LogP contribution is -2.27. The first kappa shape index (κ1) is 24.2. The van der Waals surface area contributed by atoms with E-state index < -0.39 is 0 Å². The molecule has 3 heterocycles. The van der Waals surface area contributed by atoms with E-state index in [0.717, 1.165) is 46.8 Å².